The van der Waals surface area contributed by atoms with E-state index in [-0.39, 0.29) is 0 Å². The zero-order chi connectivity index (χ0) is 13.2. The first-order valence-corrected chi connectivity index (χ1v) is 6.33. The van der Waals surface area contributed by atoms with Crippen molar-refractivity contribution in [1.29, 1.82) is 0 Å². The standard InChI is InChI=1S/C13H9BrN4O/c14-9-3-4-11(15)10(6-9)13-17-12(18-19-13)8-2-1-5-16-7-8/h1-7H,15H2. The van der Waals surface area contributed by atoms with Gasteiger partial charge < -0.3 is 10.3 Å². The van der Waals surface area contributed by atoms with Gasteiger partial charge in [0.15, 0.2) is 0 Å². The van der Waals surface area contributed by atoms with E-state index in [1.807, 2.05) is 24.3 Å². The number of hydrogen-bond acceptors (Lipinski definition) is 5. The molecular formula is C13H9BrN4O. The molecule has 2 heterocycles. The van der Waals surface area contributed by atoms with Crippen LogP contribution in [0.1, 0.15) is 0 Å². The van der Waals surface area contributed by atoms with E-state index in [4.69, 9.17) is 10.3 Å². The van der Waals surface area contributed by atoms with Crippen molar-refractivity contribution in [2.75, 3.05) is 5.73 Å². The zero-order valence-electron chi connectivity index (χ0n) is 9.75. The summed E-state index contributed by atoms with van der Waals surface area (Å²) < 4.78 is 6.15. The van der Waals surface area contributed by atoms with E-state index in [0.717, 1.165) is 10.0 Å². The molecule has 0 radical (unpaired) electrons. The first kappa shape index (κ1) is 11.9. The SMILES string of the molecule is Nc1ccc(Br)cc1-c1nc(-c2cccnc2)no1. The maximum absolute atomic E-state index is 5.91. The van der Waals surface area contributed by atoms with Gasteiger partial charge in [-0.15, -0.1) is 0 Å². The fourth-order valence-corrected chi connectivity index (χ4v) is 2.02. The van der Waals surface area contributed by atoms with Gasteiger partial charge in [0.25, 0.3) is 5.89 Å². The molecule has 3 aromatic rings. The van der Waals surface area contributed by atoms with E-state index < -0.39 is 0 Å². The Balaban J connectivity index is 2.04. The summed E-state index contributed by atoms with van der Waals surface area (Å²) in [7, 11) is 0. The normalized spacial score (nSPS) is 10.6. The number of nitrogens with two attached hydrogens (primary N) is 1. The minimum absolute atomic E-state index is 0.387. The number of nitrogens with zero attached hydrogens (tertiary/aromatic N) is 3. The highest BCUT2D eigenvalue weighted by Crippen LogP contribution is 2.29. The third-order valence-electron chi connectivity index (χ3n) is 2.59. The molecule has 1 aromatic carbocycles. The van der Waals surface area contributed by atoms with Crippen molar-refractivity contribution < 1.29 is 4.52 Å². The molecule has 0 aliphatic carbocycles. The highest BCUT2D eigenvalue weighted by atomic mass is 79.9. The van der Waals surface area contributed by atoms with E-state index in [2.05, 4.69) is 31.1 Å². The summed E-state index contributed by atoms with van der Waals surface area (Å²) in [6.07, 6.45) is 3.37. The van der Waals surface area contributed by atoms with Crippen LogP contribution in [0, 0.1) is 0 Å². The van der Waals surface area contributed by atoms with Crippen LogP contribution in [0.3, 0.4) is 0 Å². The number of nitrogen functional groups attached to an aromatic ring is 1. The lowest BCUT2D eigenvalue weighted by molar-refractivity contribution is 0.432. The van der Waals surface area contributed by atoms with Crippen molar-refractivity contribution >= 4 is 21.6 Å². The second-order valence-corrected chi connectivity index (χ2v) is 4.81. The Bertz CT molecular complexity index is 712. The lowest BCUT2D eigenvalue weighted by Gasteiger charge is -2.00. The Morgan fingerprint density at radius 3 is 2.89 bits per heavy atom. The predicted molar refractivity (Wildman–Crippen MR) is 75.1 cm³/mol. The quantitative estimate of drug-likeness (QED) is 0.735. The summed E-state index contributed by atoms with van der Waals surface area (Å²) >= 11 is 3.39. The summed E-state index contributed by atoms with van der Waals surface area (Å²) in [5.74, 6) is 0.875. The van der Waals surface area contributed by atoms with Crippen LogP contribution < -0.4 is 5.73 Å². The number of halogens is 1. The highest BCUT2D eigenvalue weighted by Gasteiger charge is 2.13. The first-order chi connectivity index (χ1) is 9.24. The third kappa shape index (κ3) is 2.34. The Morgan fingerprint density at radius 1 is 1.21 bits per heavy atom. The van der Waals surface area contributed by atoms with Crippen molar-refractivity contribution in [3.05, 3.63) is 47.2 Å². The molecule has 0 bridgehead atoms. The predicted octanol–water partition coefficient (Wildman–Crippen LogP) is 3.14. The first-order valence-electron chi connectivity index (χ1n) is 5.53. The van der Waals surface area contributed by atoms with Crippen LogP contribution in [0.4, 0.5) is 5.69 Å². The van der Waals surface area contributed by atoms with Crippen LogP contribution in [0.2, 0.25) is 0 Å². The largest absolute Gasteiger partial charge is 0.398 e. The van der Waals surface area contributed by atoms with Gasteiger partial charge in [-0.25, -0.2) is 0 Å². The molecule has 0 saturated heterocycles. The number of anilines is 1. The lowest BCUT2D eigenvalue weighted by Crippen LogP contribution is -1.90. The molecule has 3 rings (SSSR count). The van der Waals surface area contributed by atoms with Crippen LogP contribution >= 0.6 is 15.9 Å². The Morgan fingerprint density at radius 2 is 2.11 bits per heavy atom. The van der Waals surface area contributed by atoms with Crippen LogP contribution in [0.25, 0.3) is 22.8 Å². The number of aromatic nitrogens is 3. The van der Waals surface area contributed by atoms with Gasteiger partial charge in [0.1, 0.15) is 0 Å². The Labute approximate surface area is 117 Å². The van der Waals surface area contributed by atoms with Gasteiger partial charge in [-0.3, -0.25) is 4.98 Å². The Hall–Kier alpha value is -2.21. The van der Waals surface area contributed by atoms with E-state index in [9.17, 15) is 0 Å². The van der Waals surface area contributed by atoms with E-state index in [0.29, 0.717) is 23.0 Å². The Kier molecular flexibility index (Phi) is 3.00. The average Bonchev–Trinajstić information content (AvgIpc) is 2.92. The summed E-state index contributed by atoms with van der Waals surface area (Å²) in [4.78, 5) is 8.35. The van der Waals surface area contributed by atoms with Gasteiger partial charge in [0.05, 0.1) is 5.56 Å². The fraction of sp³-hybridized carbons (Fsp3) is 0. The van der Waals surface area contributed by atoms with Gasteiger partial charge in [-0.2, -0.15) is 4.98 Å². The molecule has 0 saturated carbocycles. The zero-order valence-corrected chi connectivity index (χ0v) is 11.3. The van der Waals surface area contributed by atoms with Crippen LogP contribution in [-0.2, 0) is 0 Å². The maximum atomic E-state index is 5.91. The van der Waals surface area contributed by atoms with Crippen molar-refractivity contribution in [1.82, 2.24) is 15.1 Å². The second kappa shape index (κ2) is 4.81. The molecule has 5 nitrogen and oxygen atoms in total. The summed E-state index contributed by atoms with van der Waals surface area (Å²) in [6, 6.07) is 9.17. The van der Waals surface area contributed by atoms with Crippen LogP contribution in [0.5, 0.6) is 0 Å². The van der Waals surface area contributed by atoms with Crippen LogP contribution in [0.15, 0.2) is 51.7 Å². The monoisotopic (exact) mass is 316 g/mol. The molecule has 2 N–H and O–H groups in total. The topological polar surface area (TPSA) is 77.8 Å². The minimum Gasteiger partial charge on any atom is -0.398 e. The molecule has 0 fully saturated rings. The van der Waals surface area contributed by atoms with E-state index in [1.54, 1.807) is 18.5 Å². The van der Waals surface area contributed by atoms with Gasteiger partial charge in [0, 0.05) is 28.1 Å². The van der Waals surface area contributed by atoms with Crippen LogP contribution in [-0.4, -0.2) is 15.1 Å². The minimum atomic E-state index is 0.387. The summed E-state index contributed by atoms with van der Waals surface area (Å²) in [6.45, 7) is 0. The van der Waals surface area contributed by atoms with Crippen molar-refractivity contribution in [3.63, 3.8) is 0 Å². The number of pyridine rings is 1. The fourth-order valence-electron chi connectivity index (χ4n) is 1.66. The molecule has 0 spiro atoms. The van der Waals surface area contributed by atoms with Gasteiger partial charge >= 0.3 is 0 Å². The molecular weight excluding hydrogens is 308 g/mol. The molecule has 94 valence electrons. The average molecular weight is 317 g/mol. The molecule has 0 aliphatic rings. The number of hydrogen-bond donors (Lipinski definition) is 1. The van der Waals surface area contributed by atoms with Crippen molar-refractivity contribution in [3.8, 4) is 22.8 Å². The van der Waals surface area contributed by atoms with Gasteiger partial charge in [-0.1, -0.05) is 21.1 Å². The second-order valence-electron chi connectivity index (χ2n) is 3.90. The van der Waals surface area contributed by atoms with Gasteiger partial charge in [-0.05, 0) is 30.3 Å². The molecule has 0 atom stereocenters. The van der Waals surface area contributed by atoms with Gasteiger partial charge in [0.2, 0.25) is 5.82 Å². The van der Waals surface area contributed by atoms with Crippen molar-refractivity contribution in [2.45, 2.75) is 0 Å². The molecule has 6 heteroatoms. The van der Waals surface area contributed by atoms with Crippen molar-refractivity contribution in [2.24, 2.45) is 0 Å². The molecule has 2 aromatic heterocycles. The highest BCUT2D eigenvalue weighted by molar-refractivity contribution is 9.10. The smallest absolute Gasteiger partial charge is 0.260 e. The molecule has 19 heavy (non-hydrogen) atoms. The van der Waals surface area contributed by atoms with E-state index >= 15 is 0 Å². The van der Waals surface area contributed by atoms with E-state index in [1.165, 1.54) is 0 Å². The summed E-state index contributed by atoms with van der Waals surface area (Å²) in [5.41, 5.74) is 8.00. The maximum Gasteiger partial charge on any atom is 0.260 e. The molecule has 0 amide bonds. The molecule has 0 aliphatic heterocycles. The number of benzene rings is 1. The molecule has 0 unspecified atom stereocenters. The third-order valence-corrected chi connectivity index (χ3v) is 3.08. The summed E-state index contributed by atoms with van der Waals surface area (Å²) in [5, 5.41) is 3.94. The number of rotatable bonds is 2. The lowest BCUT2D eigenvalue weighted by atomic mass is 10.2.